The van der Waals surface area contributed by atoms with Gasteiger partial charge in [0, 0.05) is 18.1 Å². The maximum atomic E-state index is 12.2. The number of nitrogens with zero attached hydrogens (tertiary/aromatic N) is 1. The van der Waals surface area contributed by atoms with Gasteiger partial charge in [0.1, 0.15) is 0 Å². The summed E-state index contributed by atoms with van der Waals surface area (Å²) in [7, 11) is 0. The summed E-state index contributed by atoms with van der Waals surface area (Å²) in [5.74, 6) is -0.101. The minimum Gasteiger partial charge on any atom is -0.397 e. The average molecular weight is 298 g/mol. The molecule has 1 atom stereocenters. The summed E-state index contributed by atoms with van der Waals surface area (Å²) in [5, 5.41) is 12.8. The lowest BCUT2D eigenvalue weighted by Gasteiger charge is -2.33. The van der Waals surface area contributed by atoms with E-state index in [0.29, 0.717) is 29.2 Å². The van der Waals surface area contributed by atoms with Crippen molar-refractivity contribution in [3.05, 3.63) is 23.2 Å². The number of nitrogens with one attached hydrogen (secondary N) is 1. The Hall–Kier alpha value is -1.30. The number of hydrogen-bond acceptors (Lipinski definition) is 4. The first-order valence-corrected chi connectivity index (χ1v) is 7.13. The fourth-order valence-electron chi connectivity index (χ4n) is 2.32. The molecule has 1 aromatic rings. The molecule has 2 rings (SSSR count). The van der Waals surface area contributed by atoms with Crippen LogP contribution in [0.1, 0.15) is 19.8 Å². The Labute approximate surface area is 123 Å². The topological polar surface area (TPSA) is 78.6 Å². The molecule has 20 heavy (non-hydrogen) atoms. The zero-order valence-electron chi connectivity index (χ0n) is 11.5. The van der Waals surface area contributed by atoms with Crippen LogP contribution < -0.4 is 11.1 Å². The molecule has 0 spiro atoms. The summed E-state index contributed by atoms with van der Waals surface area (Å²) >= 11 is 5.83. The van der Waals surface area contributed by atoms with Crippen molar-refractivity contribution in [1.29, 1.82) is 0 Å². The predicted molar refractivity (Wildman–Crippen MR) is 80.8 cm³/mol. The molecule has 1 aromatic carbocycles. The highest BCUT2D eigenvalue weighted by Gasteiger charge is 2.25. The summed E-state index contributed by atoms with van der Waals surface area (Å²) in [5.41, 5.74) is 6.84. The van der Waals surface area contributed by atoms with Gasteiger partial charge in [0.15, 0.2) is 0 Å². The Bertz CT molecular complexity index is 487. The van der Waals surface area contributed by atoms with Gasteiger partial charge in [0.05, 0.1) is 23.5 Å². The molecule has 6 heteroatoms. The summed E-state index contributed by atoms with van der Waals surface area (Å²) in [6.07, 6.45) is 1.18. The third-order valence-electron chi connectivity index (χ3n) is 3.70. The van der Waals surface area contributed by atoms with Crippen LogP contribution in [0.3, 0.4) is 0 Å². The Morgan fingerprint density at radius 1 is 1.50 bits per heavy atom. The van der Waals surface area contributed by atoms with Crippen molar-refractivity contribution >= 4 is 28.9 Å². The number of amides is 1. The summed E-state index contributed by atoms with van der Waals surface area (Å²) in [4.78, 5) is 14.3. The number of carbonyl (C=O) groups excluding carboxylic acids is 1. The summed E-state index contributed by atoms with van der Waals surface area (Å²) < 4.78 is 0. The lowest BCUT2D eigenvalue weighted by molar-refractivity contribution is -0.121. The maximum Gasteiger partial charge on any atom is 0.241 e. The maximum absolute atomic E-state index is 12.2. The molecule has 5 nitrogen and oxygen atoms in total. The van der Waals surface area contributed by atoms with Gasteiger partial charge >= 0.3 is 0 Å². The molecule has 1 unspecified atom stereocenters. The molecule has 0 aromatic heterocycles. The Kier molecular flexibility index (Phi) is 4.86. The van der Waals surface area contributed by atoms with Crippen LogP contribution in [-0.2, 0) is 4.79 Å². The van der Waals surface area contributed by atoms with E-state index in [1.165, 1.54) is 0 Å². The van der Waals surface area contributed by atoms with E-state index in [4.69, 9.17) is 17.3 Å². The average Bonchev–Trinajstić information content (AvgIpc) is 2.42. The van der Waals surface area contributed by atoms with Gasteiger partial charge < -0.3 is 16.2 Å². The molecule has 0 radical (unpaired) electrons. The van der Waals surface area contributed by atoms with Gasteiger partial charge in [-0.25, -0.2) is 0 Å². The van der Waals surface area contributed by atoms with Gasteiger partial charge in [-0.1, -0.05) is 11.6 Å². The Morgan fingerprint density at radius 2 is 2.15 bits per heavy atom. The number of benzene rings is 1. The van der Waals surface area contributed by atoms with Crippen molar-refractivity contribution in [1.82, 2.24) is 4.90 Å². The lowest BCUT2D eigenvalue weighted by atomic mass is 10.1. The number of halogens is 1. The zero-order chi connectivity index (χ0) is 14.7. The second-order valence-corrected chi connectivity index (χ2v) is 5.60. The zero-order valence-corrected chi connectivity index (χ0v) is 12.2. The quantitative estimate of drug-likeness (QED) is 0.742. The molecule has 1 amide bonds. The second kappa shape index (κ2) is 6.43. The fourth-order valence-corrected chi connectivity index (χ4v) is 2.50. The van der Waals surface area contributed by atoms with Crippen LogP contribution >= 0.6 is 11.6 Å². The largest absolute Gasteiger partial charge is 0.397 e. The molecule has 0 bridgehead atoms. The van der Waals surface area contributed by atoms with Crippen molar-refractivity contribution in [2.75, 3.05) is 24.1 Å². The summed E-state index contributed by atoms with van der Waals surface area (Å²) in [6, 6.07) is 4.74. The van der Waals surface area contributed by atoms with E-state index in [-0.39, 0.29) is 18.1 Å². The van der Waals surface area contributed by atoms with Gasteiger partial charge in [0.2, 0.25) is 5.91 Å². The van der Waals surface area contributed by atoms with Crippen LogP contribution in [0, 0.1) is 0 Å². The number of nitrogens with two attached hydrogens (primary N) is 1. The number of likely N-dealkylation sites (tertiary alicyclic amines) is 1. The van der Waals surface area contributed by atoms with Gasteiger partial charge in [-0.2, -0.15) is 0 Å². The number of carbonyl (C=O) groups is 1. The minimum atomic E-state index is -0.252. The van der Waals surface area contributed by atoms with Gasteiger partial charge in [0.25, 0.3) is 0 Å². The van der Waals surface area contributed by atoms with E-state index in [1.807, 2.05) is 6.92 Å². The van der Waals surface area contributed by atoms with Gasteiger partial charge in [-0.3, -0.25) is 9.69 Å². The van der Waals surface area contributed by atoms with E-state index < -0.39 is 0 Å². The number of hydrogen-bond donors (Lipinski definition) is 3. The first kappa shape index (κ1) is 15.1. The Balaban J connectivity index is 1.97. The first-order valence-electron chi connectivity index (χ1n) is 6.75. The van der Waals surface area contributed by atoms with E-state index >= 15 is 0 Å². The molecular weight excluding hydrogens is 278 g/mol. The van der Waals surface area contributed by atoms with Crippen LogP contribution in [0.5, 0.6) is 0 Å². The van der Waals surface area contributed by atoms with Crippen LogP contribution in [0.25, 0.3) is 0 Å². The second-order valence-electron chi connectivity index (χ2n) is 5.16. The normalized spacial score (nSPS) is 18.8. The smallest absolute Gasteiger partial charge is 0.241 e. The highest BCUT2D eigenvalue weighted by molar-refractivity contribution is 6.31. The lowest BCUT2D eigenvalue weighted by Crippen LogP contribution is -2.47. The third kappa shape index (κ3) is 3.62. The van der Waals surface area contributed by atoms with Gasteiger partial charge in [-0.05, 0) is 38.0 Å². The molecule has 1 aliphatic rings. The monoisotopic (exact) mass is 297 g/mol. The highest BCUT2D eigenvalue weighted by Crippen LogP contribution is 2.23. The van der Waals surface area contributed by atoms with Crippen LogP contribution in [0.2, 0.25) is 5.02 Å². The van der Waals surface area contributed by atoms with E-state index in [2.05, 4.69) is 10.2 Å². The predicted octanol–water partition coefficient (Wildman–Crippen LogP) is 1.71. The molecule has 4 N–H and O–H groups in total. The molecule has 1 fully saturated rings. The number of anilines is 2. The first-order chi connectivity index (χ1) is 9.47. The fraction of sp³-hybridized carbons (Fsp3) is 0.500. The number of aliphatic hydroxyl groups is 1. The number of rotatable bonds is 3. The standard InChI is InChI=1S/C14H20ClN3O2/c1-9(18-6-4-11(19)5-7-18)14(20)17-13-3-2-10(15)8-12(13)16/h2-3,8-9,11,19H,4-7,16H2,1H3,(H,17,20). The van der Waals surface area contributed by atoms with Crippen molar-refractivity contribution in [2.45, 2.75) is 31.9 Å². The van der Waals surface area contributed by atoms with Crippen molar-refractivity contribution in [2.24, 2.45) is 0 Å². The molecule has 110 valence electrons. The molecule has 0 saturated carbocycles. The third-order valence-corrected chi connectivity index (χ3v) is 3.93. The van der Waals surface area contributed by atoms with Crippen molar-refractivity contribution in [3.8, 4) is 0 Å². The van der Waals surface area contributed by atoms with E-state index in [0.717, 1.165) is 13.1 Å². The van der Waals surface area contributed by atoms with E-state index in [9.17, 15) is 9.90 Å². The van der Waals surface area contributed by atoms with Crippen LogP contribution in [-0.4, -0.2) is 41.1 Å². The molecule has 1 heterocycles. The SMILES string of the molecule is CC(C(=O)Nc1ccc(Cl)cc1N)N1CCC(O)CC1. The molecular formula is C14H20ClN3O2. The minimum absolute atomic E-state index is 0.101. The molecule has 1 aliphatic heterocycles. The van der Waals surface area contributed by atoms with Crippen molar-refractivity contribution in [3.63, 3.8) is 0 Å². The molecule has 0 aliphatic carbocycles. The van der Waals surface area contributed by atoms with Crippen LogP contribution in [0.4, 0.5) is 11.4 Å². The number of aliphatic hydroxyl groups excluding tert-OH is 1. The van der Waals surface area contributed by atoms with Crippen molar-refractivity contribution < 1.29 is 9.90 Å². The van der Waals surface area contributed by atoms with Crippen LogP contribution in [0.15, 0.2) is 18.2 Å². The summed E-state index contributed by atoms with van der Waals surface area (Å²) in [6.45, 7) is 3.32. The molecule has 1 saturated heterocycles. The number of piperidine rings is 1. The van der Waals surface area contributed by atoms with Gasteiger partial charge in [-0.15, -0.1) is 0 Å². The highest BCUT2D eigenvalue weighted by atomic mass is 35.5. The Morgan fingerprint density at radius 3 is 2.75 bits per heavy atom. The van der Waals surface area contributed by atoms with E-state index in [1.54, 1.807) is 18.2 Å². The number of nitrogen functional groups attached to an aromatic ring is 1.